The zero-order valence-corrected chi connectivity index (χ0v) is 16.0. The Morgan fingerprint density at radius 1 is 1.15 bits per heavy atom. The molecule has 26 heavy (non-hydrogen) atoms. The second-order valence-electron chi connectivity index (χ2n) is 7.17. The van der Waals surface area contributed by atoms with Gasteiger partial charge in [-0.15, -0.1) is 0 Å². The summed E-state index contributed by atoms with van der Waals surface area (Å²) in [6.45, 7) is 2.80. The monoisotopic (exact) mass is 379 g/mol. The van der Waals surface area contributed by atoms with Crippen molar-refractivity contribution in [1.29, 1.82) is 0 Å². The molecule has 1 N–H and O–H groups in total. The number of carbonyl (C=O) groups excluding carboxylic acids is 2. The summed E-state index contributed by atoms with van der Waals surface area (Å²) >= 11 is 0. The first kappa shape index (κ1) is 18.8. The number of amides is 2. The van der Waals surface area contributed by atoms with Gasteiger partial charge in [-0.25, -0.2) is 13.1 Å². The predicted octanol–water partition coefficient (Wildman–Crippen LogP) is 1.03. The summed E-state index contributed by atoms with van der Waals surface area (Å²) in [6, 6.07) is 7.80. The number of nitrogens with one attached hydrogen (secondary N) is 1. The van der Waals surface area contributed by atoms with E-state index in [2.05, 4.69) is 4.72 Å². The molecule has 2 amide bonds. The van der Waals surface area contributed by atoms with Crippen molar-refractivity contribution < 1.29 is 18.0 Å². The highest BCUT2D eigenvalue weighted by Gasteiger charge is 2.52. The number of aryl methyl sites for hydroxylation is 1. The van der Waals surface area contributed by atoms with Crippen molar-refractivity contribution in [3.8, 4) is 0 Å². The van der Waals surface area contributed by atoms with Crippen molar-refractivity contribution in [1.82, 2.24) is 9.62 Å². The van der Waals surface area contributed by atoms with Gasteiger partial charge in [0.25, 0.3) is 5.91 Å². The number of anilines is 1. The average Bonchev–Trinajstić information content (AvgIpc) is 3.00. The van der Waals surface area contributed by atoms with Crippen LogP contribution in [0.15, 0.2) is 24.3 Å². The second kappa shape index (κ2) is 7.00. The molecule has 0 aromatic heterocycles. The minimum Gasteiger partial charge on any atom is -0.327 e. The number of likely N-dealkylation sites (tertiary alicyclic amines) is 1. The van der Waals surface area contributed by atoms with Crippen LogP contribution < -0.4 is 9.62 Å². The first-order chi connectivity index (χ1) is 12.2. The first-order valence-corrected chi connectivity index (χ1v) is 10.8. The van der Waals surface area contributed by atoms with E-state index in [4.69, 9.17) is 0 Å². The van der Waals surface area contributed by atoms with E-state index in [1.165, 1.54) is 0 Å². The number of hydrogen-bond donors (Lipinski definition) is 1. The number of carbonyl (C=O) groups is 2. The van der Waals surface area contributed by atoms with Gasteiger partial charge in [0.1, 0.15) is 5.54 Å². The van der Waals surface area contributed by atoms with Crippen molar-refractivity contribution >= 4 is 27.5 Å². The zero-order valence-electron chi connectivity index (χ0n) is 15.2. The molecule has 1 aromatic rings. The Labute approximate surface area is 154 Å². The van der Waals surface area contributed by atoms with Gasteiger partial charge in [0.05, 0.1) is 12.8 Å². The molecular weight excluding hydrogens is 354 g/mol. The third kappa shape index (κ3) is 3.61. The predicted molar refractivity (Wildman–Crippen MR) is 99.3 cm³/mol. The lowest BCUT2D eigenvalue weighted by molar-refractivity contribution is -0.144. The van der Waals surface area contributed by atoms with Gasteiger partial charge < -0.3 is 9.80 Å². The highest BCUT2D eigenvalue weighted by Crippen LogP contribution is 2.39. The van der Waals surface area contributed by atoms with Crippen molar-refractivity contribution in [2.75, 3.05) is 30.8 Å². The molecule has 3 rings (SSSR count). The van der Waals surface area contributed by atoms with Gasteiger partial charge in [-0.05, 0) is 44.7 Å². The number of nitrogens with zero attached hydrogens (tertiary/aromatic N) is 2. The minimum atomic E-state index is -3.46. The molecule has 0 radical (unpaired) electrons. The van der Waals surface area contributed by atoms with E-state index in [9.17, 15) is 18.0 Å². The van der Waals surface area contributed by atoms with Crippen LogP contribution in [0.2, 0.25) is 0 Å². The molecule has 1 unspecified atom stereocenters. The highest BCUT2D eigenvalue weighted by molar-refractivity contribution is 7.88. The van der Waals surface area contributed by atoms with Crippen molar-refractivity contribution in [3.63, 3.8) is 0 Å². The smallest absolute Gasteiger partial charge is 0.252 e. The molecule has 7 nitrogen and oxygen atoms in total. The third-order valence-electron chi connectivity index (χ3n) is 5.24. The molecule has 8 heteroatoms. The van der Waals surface area contributed by atoms with Gasteiger partial charge in [-0.2, -0.15) is 0 Å². The lowest BCUT2D eigenvalue weighted by Gasteiger charge is -2.44. The van der Waals surface area contributed by atoms with Crippen LogP contribution in [-0.4, -0.2) is 56.6 Å². The first-order valence-electron chi connectivity index (χ1n) is 8.87. The molecule has 0 bridgehead atoms. The second-order valence-corrected chi connectivity index (χ2v) is 9.00. The molecule has 1 spiro atoms. The SMILES string of the molecule is Cc1ccc(N2CCCC3(CCCN3C(=O)CNS(C)(=O)=O)C2=O)cc1. The van der Waals surface area contributed by atoms with Crippen LogP contribution in [0.25, 0.3) is 0 Å². The molecule has 2 aliphatic heterocycles. The van der Waals surface area contributed by atoms with E-state index >= 15 is 0 Å². The number of hydrogen-bond acceptors (Lipinski definition) is 4. The number of rotatable bonds is 4. The molecule has 2 saturated heterocycles. The molecular formula is C18H25N3O4S. The molecule has 142 valence electrons. The summed E-state index contributed by atoms with van der Waals surface area (Å²) in [4.78, 5) is 29.3. The Bertz CT molecular complexity index is 806. The van der Waals surface area contributed by atoms with E-state index in [1.54, 1.807) is 9.80 Å². The Morgan fingerprint density at radius 3 is 2.38 bits per heavy atom. The fourth-order valence-corrected chi connectivity index (χ4v) is 4.36. The van der Waals surface area contributed by atoms with E-state index < -0.39 is 15.6 Å². The summed E-state index contributed by atoms with van der Waals surface area (Å²) in [5, 5.41) is 0. The van der Waals surface area contributed by atoms with Crippen LogP contribution in [0, 0.1) is 6.92 Å². The van der Waals surface area contributed by atoms with Crippen molar-refractivity contribution in [2.45, 2.75) is 38.1 Å². The van der Waals surface area contributed by atoms with Gasteiger partial charge in [0, 0.05) is 18.8 Å². The standard InChI is InChI=1S/C18H25N3O4S/c1-14-5-7-15(8-6-14)20-11-3-9-18(17(20)23)10-4-12-21(18)16(22)13-19-26(2,24)25/h5-8,19H,3-4,9-13H2,1-2H3. The topological polar surface area (TPSA) is 86.8 Å². The van der Waals surface area contributed by atoms with Crippen LogP contribution in [-0.2, 0) is 19.6 Å². The number of piperidine rings is 1. The Hall–Kier alpha value is -1.93. The Balaban J connectivity index is 1.83. The minimum absolute atomic E-state index is 0.0576. The van der Waals surface area contributed by atoms with Crippen LogP contribution in [0.1, 0.15) is 31.2 Å². The molecule has 1 aromatic carbocycles. The molecule has 1 atom stereocenters. The van der Waals surface area contributed by atoms with E-state index in [-0.39, 0.29) is 18.4 Å². The molecule has 2 aliphatic rings. The average molecular weight is 379 g/mol. The Kier molecular flexibility index (Phi) is 5.07. The third-order valence-corrected chi connectivity index (χ3v) is 5.91. The zero-order chi connectivity index (χ0) is 18.9. The summed E-state index contributed by atoms with van der Waals surface area (Å²) in [7, 11) is -3.46. The molecule has 0 saturated carbocycles. The van der Waals surface area contributed by atoms with Gasteiger partial charge in [-0.3, -0.25) is 9.59 Å². The maximum atomic E-state index is 13.3. The van der Waals surface area contributed by atoms with Gasteiger partial charge in [-0.1, -0.05) is 17.7 Å². The largest absolute Gasteiger partial charge is 0.327 e. The van der Waals surface area contributed by atoms with Crippen LogP contribution in [0.3, 0.4) is 0 Å². The van der Waals surface area contributed by atoms with Gasteiger partial charge in [0.2, 0.25) is 15.9 Å². The number of benzene rings is 1. The van der Waals surface area contributed by atoms with Crippen molar-refractivity contribution in [2.24, 2.45) is 0 Å². The van der Waals surface area contributed by atoms with Crippen molar-refractivity contribution in [3.05, 3.63) is 29.8 Å². The van der Waals surface area contributed by atoms with Crippen LogP contribution in [0.4, 0.5) is 5.69 Å². The lowest BCUT2D eigenvalue weighted by Crippen LogP contribution is -2.62. The quantitative estimate of drug-likeness (QED) is 0.847. The van der Waals surface area contributed by atoms with Gasteiger partial charge in [0.15, 0.2) is 0 Å². The fourth-order valence-electron chi connectivity index (χ4n) is 3.97. The van der Waals surface area contributed by atoms with E-state index in [0.717, 1.165) is 30.3 Å². The maximum Gasteiger partial charge on any atom is 0.252 e. The summed E-state index contributed by atoms with van der Waals surface area (Å²) in [6.07, 6.45) is 3.82. The normalized spacial score (nSPS) is 23.7. The van der Waals surface area contributed by atoms with E-state index in [1.807, 2.05) is 31.2 Å². The highest BCUT2D eigenvalue weighted by atomic mass is 32.2. The fraction of sp³-hybridized carbons (Fsp3) is 0.556. The molecule has 2 fully saturated rings. The molecule has 0 aliphatic carbocycles. The van der Waals surface area contributed by atoms with Crippen LogP contribution >= 0.6 is 0 Å². The number of sulfonamides is 1. The van der Waals surface area contributed by atoms with Gasteiger partial charge >= 0.3 is 0 Å². The summed E-state index contributed by atoms with van der Waals surface area (Å²) in [5.74, 6) is -0.398. The van der Waals surface area contributed by atoms with E-state index in [0.29, 0.717) is 25.9 Å². The summed E-state index contributed by atoms with van der Waals surface area (Å²) in [5.41, 5.74) is 1.12. The lowest BCUT2D eigenvalue weighted by atomic mass is 9.85. The summed E-state index contributed by atoms with van der Waals surface area (Å²) < 4.78 is 24.8. The maximum absolute atomic E-state index is 13.3. The molecule has 2 heterocycles. The Morgan fingerprint density at radius 2 is 1.77 bits per heavy atom. The van der Waals surface area contributed by atoms with Crippen LogP contribution in [0.5, 0.6) is 0 Å².